The number of aromatic nitrogens is 2. The van der Waals surface area contributed by atoms with Crippen LogP contribution in [0.5, 0.6) is 0 Å². The summed E-state index contributed by atoms with van der Waals surface area (Å²) in [4.78, 5) is 11.3. The maximum atomic E-state index is 4.70. The molecular formula is C16H21N3. The maximum Gasteiger partial charge on any atom is 0.129 e. The normalized spacial score (nSPS) is 10.5. The molecule has 0 saturated carbocycles. The highest BCUT2D eigenvalue weighted by Gasteiger charge is 2.09. The Morgan fingerprint density at radius 3 is 2.53 bits per heavy atom. The molecule has 0 unspecified atom stereocenters. The van der Waals surface area contributed by atoms with Crippen molar-refractivity contribution in [2.24, 2.45) is 0 Å². The molecule has 0 N–H and O–H groups in total. The van der Waals surface area contributed by atoms with E-state index in [2.05, 4.69) is 61.2 Å². The van der Waals surface area contributed by atoms with Crippen LogP contribution in [0.1, 0.15) is 24.9 Å². The van der Waals surface area contributed by atoms with E-state index in [1.54, 1.807) is 0 Å². The minimum atomic E-state index is 0.929. The topological polar surface area (TPSA) is 29.0 Å². The average molecular weight is 255 g/mol. The van der Waals surface area contributed by atoms with Crippen LogP contribution in [0.3, 0.4) is 0 Å². The van der Waals surface area contributed by atoms with Crippen molar-refractivity contribution in [1.82, 2.24) is 9.97 Å². The standard InChI is InChI=1S/C16H21N3/c1-5-8-16-17-12(2)11-14(18-16)13-9-6-7-10-15(13)19(3)4/h6-7,9-11H,5,8H2,1-4H3. The lowest BCUT2D eigenvalue weighted by molar-refractivity contribution is 0.827. The SMILES string of the molecule is CCCc1nc(C)cc(-c2ccccc2N(C)C)n1. The molecule has 3 heteroatoms. The number of anilines is 1. The van der Waals surface area contributed by atoms with Gasteiger partial charge in [0, 0.05) is 37.5 Å². The van der Waals surface area contributed by atoms with E-state index in [1.165, 1.54) is 5.69 Å². The molecule has 3 nitrogen and oxygen atoms in total. The molecule has 19 heavy (non-hydrogen) atoms. The summed E-state index contributed by atoms with van der Waals surface area (Å²) in [6.45, 7) is 4.18. The van der Waals surface area contributed by atoms with Gasteiger partial charge in [-0.05, 0) is 25.5 Å². The maximum absolute atomic E-state index is 4.70. The van der Waals surface area contributed by atoms with Gasteiger partial charge in [0.25, 0.3) is 0 Å². The zero-order chi connectivity index (χ0) is 13.8. The minimum absolute atomic E-state index is 0.929. The molecule has 0 aliphatic heterocycles. The second-order valence-electron chi connectivity index (χ2n) is 4.97. The van der Waals surface area contributed by atoms with Crippen LogP contribution in [0.4, 0.5) is 5.69 Å². The van der Waals surface area contributed by atoms with E-state index in [0.29, 0.717) is 0 Å². The fourth-order valence-corrected chi connectivity index (χ4v) is 2.18. The molecule has 0 amide bonds. The monoisotopic (exact) mass is 255 g/mol. The van der Waals surface area contributed by atoms with Gasteiger partial charge in [0.05, 0.1) is 5.69 Å². The van der Waals surface area contributed by atoms with Crippen molar-refractivity contribution in [3.8, 4) is 11.3 Å². The summed E-state index contributed by atoms with van der Waals surface area (Å²) >= 11 is 0. The van der Waals surface area contributed by atoms with Crippen LogP contribution >= 0.6 is 0 Å². The molecule has 0 saturated heterocycles. The Labute approximate surface area is 115 Å². The predicted molar refractivity (Wildman–Crippen MR) is 80.5 cm³/mol. The molecule has 0 bridgehead atoms. The van der Waals surface area contributed by atoms with Crippen LogP contribution < -0.4 is 4.90 Å². The van der Waals surface area contributed by atoms with E-state index in [0.717, 1.165) is 35.6 Å². The molecule has 1 aromatic carbocycles. The van der Waals surface area contributed by atoms with Gasteiger partial charge >= 0.3 is 0 Å². The highest BCUT2D eigenvalue weighted by molar-refractivity contribution is 5.76. The predicted octanol–water partition coefficient (Wildman–Crippen LogP) is 3.47. The molecular weight excluding hydrogens is 234 g/mol. The summed E-state index contributed by atoms with van der Waals surface area (Å²) in [6.07, 6.45) is 2.00. The molecule has 100 valence electrons. The smallest absolute Gasteiger partial charge is 0.129 e. The fraction of sp³-hybridized carbons (Fsp3) is 0.375. The number of aryl methyl sites for hydroxylation is 2. The van der Waals surface area contributed by atoms with E-state index in [-0.39, 0.29) is 0 Å². The van der Waals surface area contributed by atoms with Crippen molar-refractivity contribution in [1.29, 1.82) is 0 Å². The Morgan fingerprint density at radius 2 is 1.84 bits per heavy atom. The lowest BCUT2D eigenvalue weighted by Crippen LogP contribution is -2.10. The van der Waals surface area contributed by atoms with Gasteiger partial charge in [0.2, 0.25) is 0 Å². The zero-order valence-electron chi connectivity index (χ0n) is 12.1. The highest BCUT2D eigenvalue weighted by atomic mass is 15.1. The summed E-state index contributed by atoms with van der Waals surface area (Å²) in [6, 6.07) is 10.4. The van der Waals surface area contributed by atoms with Crippen LogP contribution in [0, 0.1) is 6.92 Å². The lowest BCUT2D eigenvalue weighted by Gasteiger charge is -2.17. The minimum Gasteiger partial charge on any atom is -0.377 e. The van der Waals surface area contributed by atoms with Gasteiger partial charge in [0.15, 0.2) is 0 Å². The van der Waals surface area contributed by atoms with Crippen LogP contribution in [0.15, 0.2) is 30.3 Å². The Hall–Kier alpha value is -1.90. The second-order valence-corrected chi connectivity index (χ2v) is 4.97. The Kier molecular flexibility index (Phi) is 4.15. The summed E-state index contributed by atoms with van der Waals surface area (Å²) in [7, 11) is 4.11. The third kappa shape index (κ3) is 3.11. The Bertz CT molecular complexity index is 562. The van der Waals surface area contributed by atoms with E-state index < -0.39 is 0 Å². The van der Waals surface area contributed by atoms with Gasteiger partial charge < -0.3 is 4.90 Å². The first kappa shape index (κ1) is 13.5. The number of benzene rings is 1. The molecule has 2 rings (SSSR count). The van der Waals surface area contributed by atoms with E-state index in [9.17, 15) is 0 Å². The van der Waals surface area contributed by atoms with Crippen molar-refractivity contribution in [2.75, 3.05) is 19.0 Å². The van der Waals surface area contributed by atoms with E-state index >= 15 is 0 Å². The van der Waals surface area contributed by atoms with Crippen molar-refractivity contribution >= 4 is 5.69 Å². The van der Waals surface area contributed by atoms with Crippen molar-refractivity contribution in [2.45, 2.75) is 26.7 Å². The summed E-state index contributed by atoms with van der Waals surface area (Å²) in [5.41, 5.74) is 4.39. The van der Waals surface area contributed by atoms with Crippen LogP contribution in [0.2, 0.25) is 0 Å². The van der Waals surface area contributed by atoms with E-state index in [4.69, 9.17) is 4.98 Å². The average Bonchev–Trinajstić information content (AvgIpc) is 2.38. The van der Waals surface area contributed by atoms with Gasteiger partial charge in [-0.15, -0.1) is 0 Å². The largest absolute Gasteiger partial charge is 0.377 e. The highest BCUT2D eigenvalue weighted by Crippen LogP contribution is 2.28. The molecule has 0 aliphatic rings. The van der Waals surface area contributed by atoms with Crippen molar-refractivity contribution in [3.05, 3.63) is 41.9 Å². The first-order valence-electron chi connectivity index (χ1n) is 6.73. The van der Waals surface area contributed by atoms with Crippen molar-refractivity contribution in [3.63, 3.8) is 0 Å². The van der Waals surface area contributed by atoms with Crippen LogP contribution in [0.25, 0.3) is 11.3 Å². The molecule has 1 aromatic heterocycles. The van der Waals surface area contributed by atoms with Crippen LogP contribution in [-0.4, -0.2) is 24.1 Å². The van der Waals surface area contributed by atoms with Crippen molar-refractivity contribution < 1.29 is 0 Å². The quantitative estimate of drug-likeness (QED) is 0.837. The van der Waals surface area contributed by atoms with Gasteiger partial charge in [-0.1, -0.05) is 25.1 Å². The number of hydrogen-bond acceptors (Lipinski definition) is 3. The Balaban J connectivity index is 2.52. The fourth-order valence-electron chi connectivity index (χ4n) is 2.18. The first-order chi connectivity index (χ1) is 9.11. The third-order valence-corrected chi connectivity index (χ3v) is 3.04. The van der Waals surface area contributed by atoms with Gasteiger partial charge in [-0.25, -0.2) is 9.97 Å². The molecule has 0 fully saturated rings. The van der Waals surface area contributed by atoms with Crippen LogP contribution in [-0.2, 0) is 6.42 Å². The summed E-state index contributed by atoms with van der Waals surface area (Å²) in [5, 5.41) is 0. The second kappa shape index (κ2) is 5.83. The van der Waals surface area contributed by atoms with E-state index in [1.807, 2.05) is 6.92 Å². The molecule has 1 heterocycles. The first-order valence-corrected chi connectivity index (χ1v) is 6.73. The molecule has 2 aromatic rings. The lowest BCUT2D eigenvalue weighted by atomic mass is 10.1. The Morgan fingerprint density at radius 1 is 1.11 bits per heavy atom. The van der Waals surface area contributed by atoms with Gasteiger partial charge in [-0.2, -0.15) is 0 Å². The molecule has 0 spiro atoms. The molecule has 0 radical (unpaired) electrons. The number of hydrogen-bond donors (Lipinski definition) is 0. The number of para-hydroxylation sites is 1. The third-order valence-electron chi connectivity index (χ3n) is 3.04. The molecule has 0 atom stereocenters. The zero-order valence-corrected chi connectivity index (χ0v) is 12.1. The number of rotatable bonds is 4. The van der Waals surface area contributed by atoms with Gasteiger partial charge in [-0.3, -0.25) is 0 Å². The number of nitrogens with zero attached hydrogens (tertiary/aromatic N) is 3. The van der Waals surface area contributed by atoms with Gasteiger partial charge in [0.1, 0.15) is 5.82 Å². The summed E-state index contributed by atoms with van der Waals surface area (Å²) < 4.78 is 0. The molecule has 0 aliphatic carbocycles. The summed E-state index contributed by atoms with van der Waals surface area (Å²) in [5.74, 6) is 0.936.